The third kappa shape index (κ3) is 4.02. The Bertz CT molecular complexity index is 452. The summed E-state index contributed by atoms with van der Waals surface area (Å²) in [7, 11) is 3.48. The lowest BCUT2D eigenvalue weighted by molar-refractivity contribution is 0.371. The van der Waals surface area contributed by atoms with Crippen LogP contribution in [0.5, 0.6) is 0 Å². The number of ether oxygens (including phenoxy) is 1. The summed E-state index contributed by atoms with van der Waals surface area (Å²) in [4.78, 5) is 4.42. The van der Waals surface area contributed by atoms with Gasteiger partial charge < -0.3 is 4.74 Å². The van der Waals surface area contributed by atoms with Gasteiger partial charge in [-0.25, -0.2) is 0 Å². The molecular weight excluding hydrogens is 222 g/mol. The molecule has 0 aliphatic carbocycles. The fourth-order valence-electron chi connectivity index (χ4n) is 1.80. The largest absolute Gasteiger partial charge is 0.497 e. The lowest BCUT2D eigenvalue weighted by Crippen LogP contribution is -2.14. The van der Waals surface area contributed by atoms with Crippen molar-refractivity contribution in [3.05, 3.63) is 42.0 Å². The van der Waals surface area contributed by atoms with Gasteiger partial charge in [0.2, 0.25) is 0 Å². The molecule has 2 heteroatoms. The maximum absolute atomic E-state index is 5.17. The molecule has 1 aromatic carbocycles. The van der Waals surface area contributed by atoms with E-state index in [1.54, 1.807) is 7.11 Å². The third-order valence-corrected chi connectivity index (χ3v) is 2.73. The smallest absolute Gasteiger partial charge is 0.118 e. The van der Waals surface area contributed by atoms with Crippen LogP contribution in [-0.2, 0) is 4.74 Å². The Morgan fingerprint density at radius 1 is 1.28 bits per heavy atom. The molecule has 0 radical (unpaired) electrons. The molecule has 0 fully saturated rings. The van der Waals surface area contributed by atoms with E-state index in [1.807, 2.05) is 19.2 Å². The second kappa shape index (κ2) is 5.85. The van der Waals surface area contributed by atoms with Crippen molar-refractivity contribution in [2.75, 3.05) is 14.2 Å². The number of methoxy groups -OCH3 is 1. The van der Waals surface area contributed by atoms with Crippen molar-refractivity contribution >= 4 is 11.5 Å². The molecule has 0 spiro atoms. The van der Waals surface area contributed by atoms with E-state index in [0.717, 1.165) is 23.3 Å². The highest BCUT2D eigenvalue weighted by molar-refractivity contribution is 6.01. The second-order valence-electron chi connectivity index (χ2n) is 5.62. The van der Waals surface area contributed by atoms with Gasteiger partial charge >= 0.3 is 0 Å². The molecule has 0 N–H and O–H groups in total. The number of hydrogen-bond donors (Lipinski definition) is 0. The van der Waals surface area contributed by atoms with Crippen LogP contribution < -0.4 is 0 Å². The Morgan fingerprint density at radius 3 is 2.39 bits per heavy atom. The number of rotatable bonds is 4. The van der Waals surface area contributed by atoms with Crippen LogP contribution in [0.15, 0.2) is 35.8 Å². The van der Waals surface area contributed by atoms with Gasteiger partial charge in [0.25, 0.3) is 0 Å². The Kier molecular flexibility index (Phi) is 4.71. The zero-order chi connectivity index (χ0) is 13.8. The zero-order valence-electron chi connectivity index (χ0n) is 12.1. The normalized spacial score (nSPS) is 12.4. The number of benzene rings is 1. The first-order valence-electron chi connectivity index (χ1n) is 6.17. The van der Waals surface area contributed by atoms with Crippen molar-refractivity contribution in [2.45, 2.75) is 27.2 Å². The quantitative estimate of drug-likeness (QED) is 0.576. The van der Waals surface area contributed by atoms with Gasteiger partial charge in [0.1, 0.15) is 5.76 Å². The van der Waals surface area contributed by atoms with Crippen LogP contribution in [0.25, 0.3) is 5.76 Å². The van der Waals surface area contributed by atoms with Gasteiger partial charge in [0, 0.05) is 18.3 Å². The van der Waals surface area contributed by atoms with Crippen molar-refractivity contribution in [3.8, 4) is 0 Å². The van der Waals surface area contributed by atoms with Crippen LogP contribution in [0.1, 0.15) is 38.3 Å². The standard InChI is InChI=1S/C16H23NO/c1-12(18-6)13-8-7-9-14(10-13)15(17-5)11-16(2,3)4/h7-10H,1,11H2,2-6H3. The molecule has 0 aliphatic heterocycles. The van der Waals surface area contributed by atoms with E-state index in [0.29, 0.717) is 5.76 Å². The van der Waals surface area contributed by atoms with Gasteiger partial charge in [-0.1, -0.05) is 45.5 Å². The molecule has 98 valence electrons. The van der Waals surface area contributed by atoms with Crippen LogP contribution in [0.2, 0.25) is 0 Å². The van der Waals surface area contributed by atoms with Crippen molar-refractivity contribution in [1.82, 2.24) is 0 Å². The predicted octanol–water partition coefficient (Wildman–Crippen LogP) is 4.16. The van der Waals surface area contributed by atoms with E-state index in [2.05, 4.69) is 44.5 Å². The van der Waals surface area contributed by atoms with E-state index in [9.17, 15) is 0 Å². The Balaban J connectivity index is 3.05. The molecule has 18 heavy (non-hydrogen) atoms. The van der Waals surface area contributed by atoms with Gasteiger partial charge in [-0.05, 0) is 23.5 Å². The Labute approximate surface area is 110 Å². The van der Waals surface area contributed by atoms with Gasteiger partial charge in [-0.2, -0.15) is 0 Å². The van der Waals surface area contributed by atoms with E-state index in [4.69, 9.17) is 4.74 Å². The minimum absolute atomic E-state index is 0.225. The molecule has 0 heterocycles. The number of hydrogen-bond acceptors (Lipinski definition) is 2. The molecular formula is C16H23NO. The topological polar surface area (TPSA) is 21.6 Å². The summed E-state index contributed by atoms with van der Waals surface area (Å²) in [6.07, 6.45) is 0.951. The molecule has 2 nitrogen and oxygen atoms in total. The van der Waals surface area contributed by atoms with Crippen molar-refractivity contribution < 1.29 is 4.74 Å². The molecule has 0 unspecified atom stereocenters. The molecule has 0 atom stereocenters. The van der Waals surface area contributed by atoms with Crippen LogP contribution in [0.3, 0.4) is 0 Å². The zero-order valence-corrected chi connectivity index (χ0v) is 12.1. The van der Waals surface area contributed by atoms with Crippen LogP contribution in [0, 0.1) is 5.41 Å². The Morgan fingerprint density at radius 2 is 1.89 bits per heavy atom. The van der Waals surface area contributed by atoms with Gasteiger partial charge in [-0.3, -0.25) is 4.99 Å². The van der Waals surface area contributed by atoms with Crippen molar-refractivity contribution in [1.29, 1.82) is 0 Å². The first-order chi connectivity index (χ1) is 8.37. The lowest BCUT2D eigenvalue weighted by atomic mass is 9.87. The molecule has 0 bridgehead atoms. The average Bonchev–Trinajstić information content (AvgIpc) is 2.34. The SMILES string of the molecule is C=C(OC)c1cccc(C(CC(C)(C)C)=NC)c1. The van der Waals surface area contributed by atoms with Crippen LogP contribution >= 0.6 is 0 Å². The van der Waals surface area contributed by atoms with E-state index < -0.39 is 0 Å². The summed E-state index contributed by atoms with van der Waals surface area (Å²) in [5, 5.41) is 0. The summed E-state index contributed by atoms with van der Waals surface area (Å²) in [5.74, 6) is 0.683. The number of nitrogens with zero attached hydrogens (tertiary/aromatic N) is 1. The van der Waals surface area contributed by atoms with Gasteiger partial charge in [0.15, 0.2) is 0 Å². The fraction of sp³-hybridized carbons (Fsp3) is 0.438. The van der Waals surface area contributed by atoms with Crippen molar-refractivity contribution in [3.63, 3.8) is 0 Å². The minimum atomic E-state index is 0.225. The predicted molar refractivity (Wildman–Crippen MR) is 79.0 cm³/mol. The van der Waals surface area contributed by atoms with Gasteiger partial charge in [-0.15, -0.1) is 0 Å². The third-order valence-electron chi connectivity index (χ3n) is 2.73. The van der Waals surface area contributed by atoms with Gasteiger partial charge in [0.05, 0.1) is 7.11 Å². The first-order valence-corrected chi connectivity index (χ1v) is 6.17. The van der Waals surface area contributed by atoms with E-state index >= 15 is 0 Å². The van der Waals surface area contributed by atoms with Crippen molar-refractivity contribution in [2.24, 2.45) is 10.4 Å². The maximum atomic E-state index is 5.17. The molecule has 0 saturated carbocycles. The van der Waals surface area contributed by atoms with Crippen LogP contribution in [-0.4, -0.2) is 19.9 Å². The van der Waals surface area contributed by atoms with E-state index in [-0.39, 0.29) is 5.41 Å². The molecule has 0 aromatic heterocycles. The minimum Gasteiger partial charge on any atom is -0.497 e. The molecule has 1 rings (SSSR count). The summed E-state index contributed by atoms with van der Waals surface area (Å²) in [5.41, 5.74) is 3.49. The monoisotopic (exact) mass is 245 g/mol. The highest BCUT2D eigenvalue weighted by atomic mass is 16.5. The maximum Gasteiger partial charge on any atom is 0.118 e. The summed E-state index contributed by atoms with van der Waals surface area (Å²) in [6, 6.07) is 8.18. The molecule has 0 aliphatic rings. The molecule has 1 aromatic rings. The summed E-state index contributed by atoms with van der Waals surface area (Å²) in [6.45, 7) is 10.5. The summed E-state index contributed by atoms with van der Waals surface area (Å²) < 4.78 is 5.17. The molecule has 0 saturated heterocycles. The first kappa shape index (κ1) is 14.5. The number of aliphatic imine (C=N–C) groups is 1. The molecule has 0 amide bonds. The fourth-order valence-corrected chi connectivity index (χ4v) is 1.80. The van der Waals surface area contributed by atoms with E-state index in [1.165, 1.54) is 0 Å². The van der Waals surface area contributed by atoms with Crippen LogP contribution in [0.4, 0.5) is 0 Å². The summed E-state index contributed by atoms with van der Waals surface area (Å²) >= 11 is 0. The highest BCUT2D eigenvalue weighted by Crippen LogP contribution is 2.23. The second-order valence-corrected chi connectivity index (χ2v) is 5.62. The highest BCUT2D eigenvalue weighted by Gasteiger charge is 2.15. The average molecular weight is 245 g/mol. The Hall–Kier alpha value is -1.57. The lowest BCUT2D eigenvalue weighted by Gasteiger charge is -2.20.